The van der Waals surface area contributed by atoms with Gasteiger partial charge in [-0.05, 0) is 0 Å². The van der Waals surface area contributed by atoms with Crippen molar-refractivity contribution in [3.63, 3.8) is 0 Å². The monoisotopic (exact) mass is 540 g/mol. The van der Waals surface area contributed by atoms with Gasteiger partial charge in [-0.2, -0.15) is 0 Å². The second-order valence-corrected chi connectivity index (χ2v) is 8.83. The number of aliphatic hydroxyl groups is 18. The smallest absolute Gasteiger partial charge is 0.111 e. The molecule has 18 N–H and O–H groups in total. The lowest BCUT2D eigenvalue weighted by atomic mass is 9.85. The van der Waals surface area contributed by atoms with E-state index in [1.165, 1.54) is 0 Å². The van der Waals surface area contributed by atoms with Crippen LogP contribution in [0.1, 0.15) is 0 Å². The van der Waals surface area contributed by atoms with Crippen molar-refractivity contribution in [1.29, 1.82) is 0 Å². The summed E-state index contributed by atoms with van der Waals surface area (Å²) in [5.41, 5.74) is 0. The summed E-state index contributed by atoms with van der Waals surface area (Å²) in [4.78, 5) is 0. The predicted octanol–water partition coefficient (Wildman–Crippen LogP) is -11.5. The molecule has 0 radical (unpaired) electrons. The highest BCUT2D eigenvalue weighted by Gasteiger charge is 2.49. The molecular formula is C18H36O18. The number of rotatable bonds is 0. The van der Waals surface area contributed by atoms with E-state index < -0.39 is 110 Å². The Bertz CT molecular complexity index is 396. The largest absolute Gasteiger partial charge is 0.387 e. The molecule has 3 fully saturated rings. The molecule has 0 unspecified atom stereocenters. The molecule has 3 rings (SSSR count). The van der Waals surface area contributed by atoms with E-state index in [9.17, 15) is 0 Å². The van der Waals surface area contributed by atoms with Crippen LogP contribution in [0.3, 0.4) is 0 Å². The topological polar surface area (TPSA) is 364 Å². The van der Waals surface area contributed by atoms with Crippen molar-refractivity contribution in [2.24, 2.45) is 0 Å². The highest BCUT2D eigenvalue weighted by molar-refractivity contribution is 4.99. The zero-order valence-corrected chi connectivity index (χ0v) is 18.4. The molecule has 3 aliphatic carbocycles. The predicted molar refractivity (Wildman–Crippen MR) is 108 cm³/mol. The van der Waals surface area contributed by atoms with E-state index in [4.69, 9.17) is 91.9 Å². The molecule has 0 spiro atoms. The van der Waals surface area contributed by atoms with Gasteiger partial charge in [0.15, 0.2) is 0 Å². The summed E-state index contributed by atoms with van der Waals surface area (Å²) in [5.74, 6) is 0. The van der Waals surface area contributed by atoms with Crippen molar-refractivity contribution in [2.45, 2.75) is 110 Å². The maximum Gasteiger partial charge on any atom is 0.111 e. The van der Waals surface area contributed by atoms with Crippen LogP contribution < -0.4 is 0 Å². The summed E-state index contributed by atoms with van der Waals surface area (Å²) < 4.78 is 0. The fourth-order valence-corrected chi connectivity index (χ4v) is 3.64. The molecule has 0 heterocycles. The first-order chi connectivity index (χ1) is 16.4. The molecule has 216 valence electrons. The lowest BCUT2D eigenvalue weighted by Crippen LogP contribution is -2.63. The summed E-state index contributed by atoms with van der Waals surface area (Å²) in [5, 5.41) is 162. The molecular weight excluding hydrogens is 504 g/mol. The molecule has 0 atom stereocenters. The Morgan fingerprint density at radius 2 is 0.139 bits per heavy atom. The highest BCUT2D eigenvalue weighted by Crippen LogP contribution is 2.22. The number of hydrogen-bond donors (Lipinski definition) is 18. The van der Waals surface area contributed by atoms with Crippen LogP contribution in [-0.2, 0) is 0 Å². The van der Waals surface area contributed by atoms with Crippen LogP contribution in [-0.4, -0.2) is 202 Å². The van der Waals surface area contributed by atoms with E-state index in [0.29, 0.717) is 0 Å². The zero-order valence-electron chi connectivity index (χ0n) is 18.4. The first-order valence-electron chi connectivity index (χ1n) is 10.6. The van der Waals surface area contributed by atoms with Gasteiger partial charge >= 0.3 is 0 Å². The quantitative estimate of drug-likeness (QED) is 0.135. The zero-order chi connectivity index (χ0) is 28.4. The summed E-state index contributed by atoms with van der Waals surface area (Å²) >= 11 is 0. The van der Waals surface area contributed by atoms with Crippen molar-refractivity contribution in [2.75, 3.05) is 0 Å². The molecule has 0 amide bonds. The average Bonchev–Trinajstić information content (AvgIpc) is 2.87. The summed E-state index contributed by atoms with van der Waals surface area (Å²) in [6, 6.07) is 0. The Morgan fingerprint density at radius 3 is 0.167 bits per heavy atom. The van der Waals surface area contributed by atoms with Crippen LogP contribution in [0.4, 0.5) is 0 Å². The minimum Gasteiger partial charge on any atom is -0.387 e. The Kier molecular flexibility index (Phi) is 12.4. The first kappa shape index (κ1) is 33.3. The maximum atomic E-state index is 8.97. The van der Waals surface area contributed by atoms with E-state index in [-0.39, 0.29) is 0 Å². The Hall–Kier alpha value is -0.720. The van der Waals surface area contributed by atoms with Crippen molar-refractivity contribution in [1.82, 2.24) is 0 Å². The van der Waals surface area contributed by atoms with Gasteiger partial charge in [0.05, 0.1) is 0 Å². The van der Waals surface area contributed by atoms with Gasteiger partial charge in [-0.25, -0.2) is 0 Å². The third-order valence-corrected chi connectivity index (χ3v) is 6.30. The lowest BCUT2D eigenvalue weighted by molar-refractivity contribution is -0.223. The molecule has 18 nitrogen and oxygen atoms in total. The molecule has 3 aliphatic rings. The van der Waals surface area contributed by atoms with Crippen LogP contribution in [0.5, 0.6) is 0 Å². The molecule has 3 saturated carbocycles. The lowest BCUT2D eigenvalue weighted by Gasteiger charge is -2.39. The van der Waals surface area contributed by atoms with Gasteiger partial charge in [-0.15, -0.1) is 0 Å². The maximum absolute atomic E-state index is 8.97. The van der Waals surface area contributed by atoms with E-state index in [1.54, 1.807) is 0 Å². The van der Waals surface area contributed by atoms with Gasteiger partial charge < -0.3 is 91.9 Å². The fourth-order valence-electron chi connectivity index (χ4n) is 3.64. The van der Waals surface area contributed by atoms with E-state index in [1.807, 2.05) is 0 Å². The van der Waals surface area contributed by atoms with Gasteiger partial charge in [-0.3, -0.25) is 0 Å². The molecule has 0 aromatic heterocycles. The minimum atomic E-state index is -1.64. The minimum absolute atomic E-state index is 1.64. The second kappa shape index (κ2) is 13.4. The molecule has 0 bridgehead atoms. The number of aliphatic hydroxyl groups excluding tert-OH is 18. The van der Waals surface area contributed by atoms with Crippen LogP contribution in [0.15, 0.2) is 0 Å². The van der Waals surface area contributed by atoms with Gasteiger partial charge in [0, 0.05) is 0 Å². The average molecular weight is 540 g/mol. The molecule has 0 aliphatic heterocycles. The van der Waals surface area contributed by atoms with E-state index in [0.717, 1.165) is 0 Å². The van der Waals surface area contributed by atoms with Crippen molar-refractivity contribution >= 4 is 0 Å². The van der Waals surface area contributed by atoms with Gasteiger partial charge in [0.2, 0.25) is 0 Å². The summed E-state index contributed by atoms with van der Waals surface area (Å²) in [6.45, 7) is 0. The van der Waals surface area contributed by atoms with Gasteiger partial charge in [0.1, 0.15) is 110 Å². The molecule has 36 heavy (non-hydrogen) atoms. The highest BCUT2D eigenvalue weighted by atomic mass is 16.4. The normalized spacial score (nSPS) is 55.5. The SMILES string of the molecule is O[C@H]1[C@H](O)[C@@H](O)[C@H](O)[C@@H](O)[C@@H]1O.O[C@H]1[C@H](O)[C@@H](O)[C@H](O)[C@@H](O)[C@H]1O.O[C@H]1[C@H](O)[C@H](O)[C@@H](O)[C@@H](O)[C@H]1O. The van der Waals surface area contributed by atoms with Crippen LogP contribution in [0.2, 0.25) is 0 Å². The van der Waals surface area contributed by atoms with Crippen LogP contribution in [0.25, 0.3) is 0 Å². The summed E-state index contributed by atoms with van der Waals surface area (Å²) in [6.07, 6.45) is -29.5. The fraction of sp³-hybridized carbons (Fsp3) is 1.00. The Morgan fingerprint density at radius 1 is 0.111 bits per heavy atom. The van der Waals surface area contributed by atoms with Gasteiger partial charge in [-0.1, -0.05) is 0 Å². The number of hydrogen-bond acceptors (Lipinski definition) is 18. The third-order valence-electron chi connectivity index (χ3n) is 6.30. The summed E-state index contributed by atoms with van der Waals surface area (Å²) in [7, 11) is 0. The Labute approximate surface area is 202 Å². The van der Waals surface area contributed by atoms with Crippen molar-refractivity contribution < 1.29 is 91.9 Å². The molecule has 0 saturated heterocycles. The molecule has 0 aromatic carbocycles. The second-order valence-electron chi connectivity index (χ2n) is 8.83. The van der Waals surface area contributed by atoms with Crippen molar-refractivity contribution in [3.8, 4) is 0 Å². The van der Waals surface area contributed by atoms with Gasteiger partial charge in [0.25, 0.3) is 0 Å². The standard InChI is InChI=1S/3C6H12O6/c3*7-1-2(8)4(10)6(12)5(11)3(1)9/h3*1-12H/t1-,2-,3+,4+,5-,6-;1-,2-,3-,4+,5-,6-;1-,2-,3-,4-,5-,6+. The van der Waals surface area contributed by atoms with E-state index in [2.05, 4.69) is 0 Å². The third kappa shape index (κ3) is 6.83. The van der Waals surface area contributed by atoms with Crippen molar-refractivity contribution in [3.05, 3.63) is 0 Å². The molecule has 18 heteroatoms. The van der Waals surface area contributed by atoms with Crippen LogP contribution in [0, 0.1) is 0 Å². The van der Waals surface area contributed by atoms with E-state index >= 15 is 0 Å². The first-order valence-corrected chi connectivity index (χ1v) is 10.6. The Balaban J connectivity index is 0.000000270. The van der Waals surface area contributed by atoms with Crippen LogP contribution >= 0.6 is 0 Å². The molecule has 0 aromatic rings.